The van der Waals surface area contributed by atoms with Gasteiger partial charge in [-0.1, -0.05) is 40.9 Å². The van der Waals surface area contributed by atoms with Gasteiger partial charge in [0.15, 0.2) is 0 Å². The molecular formula is C13H9BrCl3NO. The normalized spacial score (nSPS) is 10.6. The van der Waals surface area contributed by atoms with Crippen LogP contribution in [-0.2, 0) is 6.54 Å². The highest BCUT2D eigenvalue weighted by Gasteiger charge is 2.10. The molecule has 0 aliphatic heterocycles. The fourth-order valence-corrected chi connectivity index (χ4v) is 2.54. The van der Waals surface area contributed by atoms with Crippen molar-refractivity contribution in [3.63, 3.8) is 0 Å². The molecule has 2 aromatic carbocycles. The predicted molar refractivity (Wildman–Crippen MR) is 83.6 cm³/mol. The largest absolute Gasteiger partial charge is 0.455 e. The van der Waals surface area contributed by atoms with Crippen LogP contribution in [-0.4, -0.2) is 0 Å². The van der Waals surface area contributed by atoms with Crippen molar-refractivity contribution >= 4 is 50.7 Å². The van der Waals surface area contributed by atoms with Crippen molar-refractivity contribution in [1.82, 2.24) is 0 Å². The topological polar surface area (TPSA) is 35.2 Å². The fraction of sp³-hybridized carbons (Fsp3) is 0.0769. The molecule has 0 fully saturated rings. The van der Waals surface area contributed by atoms with E-state index in [4.69, 9.17) is 45.3 Å². The van der Waals surface area contributed by atoms with E-state index in [9.17, 15) is 0 Å². The van der Waals surface area contributed by atoms with E-state index in [1.165, 1.54) is 0 Å². The average Bonchev–Trinajstić information content (AvgIpc) is 2.38. The van der Waals surface area contributed by atoms with Crippen LogP contribution in [0.2, 0.25) is 15.1 Å². The second kappa shape index (κ2) is 6.33. The Bertz CT molecular complexity index is 619. The summed E-state index contributed by atoms with van der Waals surface area (Å²) in [6.45, 7) is 0.465. The molecule has 0 unspecified atom stereocenters. The lowest BCUT2D eigenvalue weighted by Crippen LogP contribution is -1.96. The number of halogens is 4. The van der Waals surface area contributed by atoms with Gasteiger partial charge in [-0.15, -0.1) is 0 Å². The summed E-state index contributed by atoms with van der Waals surface area (Å²) >= 11 is 21.3. The zero-order chi connectivity index (χ0) is 14.0. The molecule has 0 radical (unpaired) electrons. The molecule has 0 amide bonds. The number of rotatable bonds is 3. The highest BCUT2D eigenvalue weighted by atomic mass is 79.9. The van der Waals surface area contributed by atoms with Crippen molar-refractivity contribution in [2.24, 2.45) is 5.73 Å². The molecule has 6 heteroatoms. The lowest BCUT2D eigenvalue weighted by molar-refractivity contribution is 0.479. The lowest BCUT2D eigenvalue weighted by Gasteiger charge is -2.11. The van der Waals surface area contributed by atoms with E-state index < -0.39 is 0 Å². The Morgan fingerprint density at radius 2 is 1.63 bits per heavy atom. The number of hydrogen-bond donors (Lipinski definition) is 1. The standard InChI is InChI=1S/C13H9BrCl3NO/c14-8-3-7(6-18)1-2-12(8)19-13-5-10(16)9(15)4-11(13)17/h1-5H,6,18H2. The predicted octanol–water partition coefficient (Wildman–Crippen LogP) is 5.66. The lowest BCUT2D eigenvalue weighted by atomic mass is 10.2. The van der Waals surface area contributed by atoms with Crippen molar-refractivity contribution in [1.29, 1.82) is 0 Å². The van der Waals surface area contributed by atoms with Gasteiger partial charge < -0.3 is 10.5 Å². The second-order valence-electron chi connectivity index (χ2n) is 3.77. The van der Waals surface area contributed by atoms with Gasteiger partial charge in [0.1, 0.15) is 11.5 Å². The van der Waals surface area contributed by atoms with E-state index in [-0.39, 0.29) is 0 Å². The first-order valence-electron chi connectivity index (χ1n) is 5.32. The molecule has 0 atom stereocenters. The quantitative estimate of drug-likeness (QED) is 0.696. The number of ether oxygens (including phenoxy) is 1. The van der Waals surface area contributed by atoms with Gasteiger partial charge in [0.25, 0.3) is 0 Å². The van der Waals surface area contributed by atoms with Crippen LogP contribution in [0.5, 0.6) is 11.5 Å². The van der Waals surface area contributed by atoms with Crippen molar-refractivity contribution in [2.45, 2.75) is 6.54 Å². The van der Waals surface area contributed by atoms with Crippen LogP contribution in [0.3, 0.4) is 0 Å². The van der Waals surface area contributed by atoms with Crippen molar-refractivity contribution in [3.8, 4) is 11.5 Å². The van der Waals surface area contributed by atoms with Gasteiger partial charge in [-0.05, 0) is 39.7 Å². The number of hydrogen-bond acceptors (Lipinski definition) is 2. The van der Waals surface area contributed by atoms with Gasteiger partial charge in [-0.25, -0.2) is 0 Å². The average molecular weight is 381 g/mol. The van der Waals surface area contributed by atoms with Crippen molar-refractivity contribution in [3.05, 3.63) is 55.4 Å². The summed E-state index contributed by atoms with van der Waals surface area (Å²) < 4.78 is 6.50. The van der Waals surface area contributed by atoms with Crippen LogP contribution in [0.15, 0.2) is 34.8 Å². The van der Waals surface area contributed by atoms with Crippen LogP contribution < -0.4 is 10.5 Å². The first kappa shape index (κ1) is 14.9. The van der Waals surface area contributed by atoms with Crippen molar-refractivity contribution < 1.29 is 4.74 Å². The van der Waals surface area contributed by atoms with E-state index in [1.54, 1.807) is 12.1 Å². The van der Waals surface area contributed by atoms with Crippen LogP contribution in [0.25, 0.3) is 0 Å². The summed E-state index contributed by atoms with van der Waals surface area (Å²) in [6, 6.07) is 8.70. The molecule has 0 saturated heterocycles. The maximum absolute atomic E-state index is 6.06. The Labute approximate surface area is 134 Å². The number of benzene rings is 2. The Hall–Kier alpha value is -0.450. The summed E-state index contributed by atoms with van der Waals surface area (Å²) in [6.07, 6.45) is 0. The minimum atomic E-state index is 0.385. The Morgan fingerprint density at radius 3 is 2.26 bits per heavy atom. The summed E-state index contributed by atoms with van der Waals surface area (Å²) in [5, 5.41) is 1.16. The molecule has 2 nitrogen and oxygen atoms in total. The van der Waals surface area contributed by atoms with E-state index in [0.29, 0.717) is 33.1 Å². The maximum Gasteiger partial charge on any atom is 0.147 e. The van der Waals surface area contributed by atoms with Crippen LogP contribution in [0.4, 0.5) is 0 Å². The molecule has 2 N–H and O–H groups in total. The Balaban J connectivity index is 2.33. The summed E-state index contributed by atoms with van der Waals surface area (Å²) in [5.74, 6) is 1.06. The Kier molecular flexibility index (Phi) is 4.98. The highest BCUT2D eigenvalue weighted by Crippen LogP contribution is 2.38. The minimum absolute atomic E-state index is 0.385. The van der Waals surface area contributed by atoms with Gasteiger partial charge in [0.2, 0.25) is 0 Å². The zero-order valence-electron chi connectivity index (χ0n) is 9.59. The number of nitrogens with two attached hydrogens (primary N) is 1. The molecule has 0 aliphatic carbocycles. The summed E-state index contributed by atoms with van der Waals surface area (Å²) in [5.41, 5.74) is 6.57. The van der Waals surface area contributed by atoms with E-state index in [2.05, 4.69) is 15.9 Å². The molecule has 0 saturated carbocycles. The van der Waals surface area contributed by atoms with Crippen molar-refractivity contribution in [2.75, 3.05) is 0 Å². The third-order valence-corrected chi connectivity index (χ3v) is 4.06. The molecule has 2 rings (SSSR count). The van der Waals surface area contributed by atoms with E-state index in [0.717, 1.165) is 10.0 Å². The summed E-state index contributed by atoms with van der Waals surface area (Å²) in [7, 11) is 0. The van der Waals surface area contributed by atoms with Gasteiger partial charge in [0, 0.05) is 12.6 Å². The smallest absolute Gasteiger partial charge is 0.147 e. The molecule has 0 aromatic heterocycles. The van der Waals surface area contributed by atoms with E-state index >= 15 is 0 Å². The third kappa shape index (κ3) is 3.56. The molecule has 0 bridgehead atoms. The van der Waals surface area contributed by atoms with Gasteiger partial charge in [-0.2, -0.15) is 0 Å². The molecule has 19 heavy (non-hydrogen) atoms. The third-order valence-electron chi connectivity index (χ3n) is 2.43. The zero-order valence-corrected chi connectivity index (χ0v) is 13.4. The molecule has 0 aliphatic rings. The molecule has 0 heterocycles. The van der Waals surface area contributed by atoms with Gasteiger partial charge in [-0.3, -0.25) is 0 Å². The van der Waals surface area contributed by atoms with Gasteiger partial charge in [0.05, 0.1) is 19.5 Å². The van der Waals surface area contributed by atoms with Crippen LogP contribution in [0, 0.1) is 0 Å². The fourth-order valence-electron chi connectivity index (χ4n) is 1.46. The van der Waals surface area contributed by atoms with E-state index in [1.807, 2.05) is 18.2 Å². The Morgan fingerprint density at radius 1 is 0.947 bits per heavy atom. The van der Waals surface area contributed by atoms with Crippen LogP contribution >= 0.6 is 50.7 Å². The highest BCUT2D eigenvalue weighted by molar-refractivity contribution is 9.10. The second-order valence-corrected chi connectivity index (χ2v) is 5.84. The molecule has 2 aromatic rings. The SMILES string of the molecule is NCc1ccc(Oc2cc(Cl)c(Cl)cc2Cl)c(Br)c1. The van der Waals surface area contributed by atoms with Gasteiger partial charge >= 0.3 is 0 Å². The summed E-state index contributed by atoms with van der Waals surface area (Å²) in [4.78, 5) is 0. The maximum atomic E-state index is 6.06. The molecule has 100 valence electrons. The monoisotopic (exact) mass is 379 g/mol. The first-order valence-corrected chi connectivity index (χ1v) is 7.25. The molecular weight excluding hydrogens is 372 g/mol. The molecule has 0 spiro atoms. The first-order chi connectivity index (χ1) is 9.01. The van der Waals surface area contributed by atoms with Crippen LogP contribution in [0.1, 0.15) is 5.56 Å². The minimum Gasteiger partial charge on any atom is -0.455 e.